The summed E-state index contributed by atoms with van der Waals surface area (Å²) in [6, 6.07) is 9.53. The molecule has 5 heteroatoms. The summed E-state index contributed by atoms with van der Waals surface area (Å²) in [7, 11) is 0. The first-order chi connectivity index (χ1) is 10.0. The molecule has 0 atom stereocenters. The van der Waals surface area contributed by atoms with Crippen molar-refractivity contribution in [3.8, 4) is 0 Å². The number of aromatic nitrogens is 1. The third-order valence-electron chi connectivity index (χ3n) is 3.26. The minimum absolute atomic E-state index is 0.0643. The number of carbonyl (C=O) groups excluding carboxylic acids is 2. The average Bonchev–Trinajstić information content (AvgIpc) is 2.75. The van der Waals surface area contributed by atoms with E-state index in [1.54, 1.807) is 13.8 Å². The first kappa shape index (κ1) is 15.0. The second kappa shape index (κ2) is 6.37. The van der Waals surface area contributed by atoms with Crippen LogP contribution in [0.5, 0.6) is 0 Å². The van der Waals surface area contributed by atoms with Crippen molar-refractivity contribution in [2.75, 3.05) is 0 Å². The molecule has 21 heavy (non-hydrogen) atoms. The van der Waals surface area contributed by atoms with Crippen molar-refractivity contribution in [3.05, 3.63) is 58.4 Å². The summed E-state index contributed by atoms with van der Waals surface area (Å²) in [5.41, 5.74) is 5.58. The average molecular weight is 286 g/mol. The first-order valence-electron chi connectivity index (χ1n) is 6.67. The number of hydrogen-bond acceptors (Lipinski definition) is 3. The number of aromatic amines is 1. The predicted molar refractivity (Wildman–Crippen MR) is 79.0 cm³/mol. The Hall–Kier alpha value is -2.40. The van der Waals surface area contributed by atoms with Gasteiger partial charge in [0.05, 0.1) is 6.61 Å². The molecule has 0 bridgehead atoms. The fourth-order valence-corrected chi connectivity index (χ4v) is 2.32. The van der Waals surface area contributed by atoms with Crippen molar-refractivity contribution in [3.63, 3.8) is 0 Å². The fraction of sp³-hybridized carbons (Fsp3) is 0.250. The Balaban J connectivity index is 2.01. The van der Waals surface area contributed by atoms with Crippen molar-refractivity contribution in [2.45, 2.75) is 27.4 Å². The maximum Gasteiger partial charge on any atom is 0.291 e. The van der Waals surface area contributed by atoms with Crippen LogP contribution in [0.2, 0.25) is 0 Å². The van der Waals surface area contributed by atoms with Gasteiger partial charge in [0.2, 0.25) is 0 Å². The van der Waals surface area contributed by atoms with E-state index in [0.29, 0.717) is 22.5 Å². The molecule has 0 radical (unpaired) electrons. The molecule has 1 aromatic carbocycles. The van der Waals surface area contributed by atoms with Gasteiger partial charge in [0.25, 0.3) is 5.91 Å². The quantitative estimate of drug-likeness (QED) is 0.655. The van der Waals surface area contributed by atoms with Crippen LogP contribution < -0.4 is 5.48 Å². The van der Waals surface area contributed by atoms with Gasteiger partial charge < -0.3 is 4.98 Å². The fourth-order valence-electron chi connectivity index (χ4n) is 2.32. The number of hydroxylamine groups is 1. The lowest BCUT2D eigenvalue weighted by Gasteiger charge is -2.05. The van der Waals surface area contributed by atoms with Crippen molar-refractivity contribution in [1.82, 2.24) is 10.5 Å². The van der Waals surface area contributed by atoms with Gasteiger partial charge in [-0.1, -0.05) is 30.3 Å². The standard InChI is InChI=1S/C16H18N2O3/c1-10-14(12(3)19)11(2)17-15(10)16(20)18-21-9-13-7-5-4-6-8-13/h4-8,17H,9H2,1-3H3,(H,18,20). The maximum absolute atomic E-state index is 12.1. The molecule has 0 aliphatic rings. The van der Waals surface area contributed by atoms with Crippen LogP contribution in [0.15, 0.2) is 30.3 Å². The van der Waals surface area contributed by atoms with Gasteiger partial charge in [-0.15, -0.1) is 0 Å². The second-order valence-electron chi connectivity index (χ2n) is 4.89. The van der Waals surface area contributed by atoms with Crippen LogP contribution in [0, 0.1) is 13.8 Å². The monoisotopic (exact) mass is 286 g/mol. The number of H-pyrrole nitrogens is 1. The van der Waals surface area contributed by atoms with Gasteiger partial charge >= 0.3 is 0 Å². The third kappa shape index (κ3) is 3.38. The van der Waals surface area contributed by atoms with Crippen LogP contribution in [0.25, 0.3) is 0 Å². The molecule has 0 fully saturated rings. The van der Waals surface area contributed by atoms with Crippen molar-refractivity contribution in [1.29, 1.82) is 0 Å². The SMILES string of the molecule is CC(=O)c1c(C)[nH]c(C(=O)NOCc2ccccc2)c1C. The zero-order chi connectivity index (χ0) is 15.4. The summed E-state index contributed by atoms with van der Waals surface area (Å²) in [6.45, 7) is 5.28. The van der Waals surface area contributed by atoms with Crippen molar-refractivity contribution in [2.24, 2.45) is 0 Å². The van der Waals surface area contributed by atoms with E-state index in [1.807, 2.05) is 30.3 Å². The van der Waals surface area contributed by atoms with Gasteiger partial charge in [-0.05, 0) is 31.9 Å². The highest BCUT2D eigenvalue weighted by molar-refractivity contribution is 6.02. The lowest BCUT2D eigenvalue weighted by Crippen LogP contribution is -2.24. The predicted octanol–water partition coefficient (Wildman–Crippen LogP) is 2.70. The van der Waals surface area contributed by atoms with Gasteiger partial charge in [0, 0.05) is 11.3 Å². The number of Topliss-reactive ketones (excluding diaryl/α,β-unsaturated/α-hetero) is 1. The van der Waals surface area contributed by atoms with Crippen molar-refractivity contribution >= 4 is 11.7 Å². The van der Waals surface area contributed by atoms with Crippen LogP contribution in [0.4, 0.5) is 0 Å². The van der Waals surface area contributed by atoms with Gasteiger partial charge in [0.1, 0.15) is 5.69 Å². The molecule has 0 aliphatic heterocycles. The van der Waals surface area contributed by atoms with Gasteiger partial charge in [-0.2, -0.15) is 0 Å². The molecule has 0 unspecified atom stereocenters. The molecule has 5 nitrogen and oxygen atoms in total. The van der Waals surface area contributed by atoms with E-state index in [9.17, 15) is 9.59 Å². The molecule has 2 aromatic rings. The summed E-state index contributed by atoms with van der Waals surface area (Å²) in [6.07, 6.45) is 0. The number of carbonyl (C=O) groups is 2. The van der Waals surface area contributed by atoms with Crippen LogP contribution in [0.1, 0.15) is 44.6 Å². The second-order valence-corrected chi connectivity index (χ2v) is 4.89. The van der Waals surface area contributed by atoms with Gasteiger partial charge in [-0.3, -0.25) is 14.4 Å². The molecule has 110 valence electrons. The molecule has 2 N–H and O–H groups in total. The molecule has 1 heterocycles. The number of nitrogens with one attached hydrogen (secondary N) is 2. The highest BCUT2D eigenvalue weighted by atomic mass is 16.6. The van der Waals surface area contributed by atoms with E-state index in [-0.39, 0.29) is 18.3 Å². The Labute approximate surface area is 123 Å². The first-order valence-corrected chi connectivity index (χ1v) is 6.67. The maximum atomic E-state index is 12.1. The lowest BCUT2D eigenvalue weighted by atomic mass is 10.1. The topological polar surface area (TPSA) is 71.2 Å². The molecule has 1 aromatic heterocycles. The zero-order valence-electron chi connectivity index (χ0n) is 12.3. The van der Waals surface area contributed by atoms with Crippen molar-refractivity contribution < 1.29 is 14.4 Å². The smallest absolute Gasteiger partial charge is 0.291 e. The van der Waals surface area contributed by atoms with Crippen LogP contribution in [0.3, 0.4) is 0 Å². The summed E-state index contributed by atoms with van der Waals surface area (Å²) in [5.74, 6) is -0.454. The van der Waals surface area contributed by atoms with Crippen LogP contribution >= 0.6 is 0 Å². The van der Waals surface area contributed by atoms with Gasteiger partial charge in [-0.25, -0.2) is 5.48 Å². The molecule has 0 saturated heterocycles. The molecule has 0 spiro atoms. The Morgan fingerprint density at radius 1 is 1.19 bits per heavy atom. The van der Waals surface area contributed by atoms with E-state index < -0.39 is 0 Å². The minimum Gasteiger partial charge on any atom is -0.354 e. The highest BCUT2D eigenvalue weighted by Crippen LogP contribution is 2.18. The largest absolute Gasteiger partial charge is 0.354 e. The summed E-state index contributed by atoms with van der Waals surface area (Å²) < 4.78 is 0. The van der Waals surface area contributed by atoms with E-state index in [0.717, 1.165) is 5.56 Å². The van der Waals surface area contributed by atoms with E-state index in [1.165, 1.54) is 6.92 Å². The summed E-state index contributed by atoms with van der Waals surface area (Å²) in [4.78, 5) is 31.7. The lowest BCUT2D eigenvalue weighted by molar-refractivity contribution is 0.0229. The molecular weight excluding hydrogens is 268 g/mol. The van der Waals surface area contributed by atoms with Gasteiger partial charge in [0.15, 0.2) is 5.78 Å². The summed E-state index contributed by atoms with van der Waals surface area (Å²) in [5, 5.41) is 0. The van der Waals surface area contributed by atoms with E-state index >= 15 is 0 Å². The number of hydrogen-bond donors (Lipinski definition) is 2. The Kier molecular flexibility index (Phi) is 4.55. The molecular formula is C16H18N2O3. The molecule has 2 rings (SSSR count). The molecule has 0 saturated carbocycles. The number of amides is 1. The summed E-state index contributed by atoms with van der Waals surface area (Å²) >= 11 is 0. The number of ketones is 1. The minimum atomic E-state index is -0.390. The number of rotatable bonds is 5. The third-order valence-corrected chi connectivity index (χ3v) is 3.26. The van der Waals surface area contributed by atoms with Crippen LogP contribution in [-0.2, 0) is 11.4 Å². The Morgan fingerprint density at radius 2 is 1.86 bits per heavy atom. The number of aryl methyl sites for hydroxylation is 1. The highest BCUT2D eigenvalue weighted by Gasteiger charge is 2.19. The number of benzene rings is 1. The molecule has 0 aliphatic carbocycles. The van der Waals surface area contributed by atoms with E-state index in [2.05, 4.69) is 10.5 Å². The van der Waals surface area contributed by atoms with E-state index in [4.69, 9.17) is 4.84 Å². The molecule has 1 amide bonds. The Bertz CT molecular complexity index is 660. The zero-order valence-corrected chi connectivity index (χ0v) is 12.3. The Morgan fingerprint density at radius 3 is 2.43 bits per heavy atom. The van der Waals surface area contributed by atoms with Crippen LogP contribution in [-0.4, -0.2) is 16.7 Å². The normalized spacial score (nSPS) is 10.4.